The number of unbranched alkanes of at least 4 members (excludes halogenated alkanes) is 1. The summed E-state index contributed by atoms with van der Waals surface area (Å²) in [4.78, 5) is 0. The van der Waals surface area contributed by atoms with Gasteiger partial charge in [-0.05, 0) is 25.2 Å². The highest BCUT2D eigenvalue weighted by Crippen LogP contribution is 2.25. The Balaban J connectivity index is 1.96. The van der Waals surface area contributed by atoms with Crippen molar-refractivity contribution in [3.63, 3.8) is 0 Å². The Labute approximate surface area is 117 Å². The summed E-state index contributed by atoms with van der Waals surface area (Å²) in [6, 6.07) is 0.379. The van der Waals surface area contributed by atoms with Crippen molar-refractivity contribution in [3.8, 4) is 0 Å². The Morgan fingerprint density at radius 3 is 2.50 bits per heavy atom. The zero-order chi connectivity index (χ0) is 13.4. The molecule has 1 aliphatic heterocycles. The Hall–Kier alpha value is 0.270. The second kappa shape index (κ2) is 8.44. The second-order valence-corrected chi connectivity index (χ2v) is 8.37. The van der Waals surface area contributed by atoms with Gasteiger partial charge in [0.1, 0.15) is 0 Å². The van der Waals surface area contributed by atoms with E-state index in [1.807, 2.05) is 11.8 Å². The SMILES string of the molecule is CC(C)(C)SCC(N)CCCCC1CCOCC1. The molecule has 1 rings (SSSR count). The van der Waals surface area contributed by atoms with Crippen LogP contribution >= 0.6 is 11.8 Å². The maximum absolute atomic E-state index is 6.16. The third-order valence-corrected chi connectivity index (χ3v) is 4.97. The number of nitrogens with two attached hydrogens (primary N) is 1. The van der Waals surface area contributed by atoms with Gasteiger partial charge in [0.25, 0.3) is 0 Å². The van der Waals surface area contributed by atoms with Crippen LogP contribution in [0.15, 0.2) is 0 Å². The first-order valence-corrected chi connectivity index (χ1v) is 8.43. The summed E-state index contributed by atoms with van der Waals surface area (Å²) >= 11 is 1.99. The maximum atomic E-state index is 6.16. The van der Waals surface area contributed by atoms with Crippen LogP contribution in [-0.4, -0.2) is 29.8 Å². The molecule has 0 aliphatic carbocycles. The third-order valence-electron chi connectivity index (χ3n) is 3.51. The van der Waals surface area contributed by atoms with E-state index in [-0.39, 0.29) is 0 Å². The molecule has 1 aliphatic rings. The van der Waals surface area contributed by atoms with Crippen molar-refractivity contribution in [2.75, 3.05) is 19.0 Å². The van der Waals surface area contributed by atoms with Crippen LogP contribution in [0.25, 0.3) is 0 Å². The van der Waals surface area contributed by atoms with Gasteiger partial charge in [0.05, 0.1) is 0 Å². The van der Waals surface area contributed by atoms with Crippen molar-refractivity contribution in [3.05, 3.63) is 0 Å². The molecule has 2 N–H and O–H groups in total. The van der Waals surface area contributed by atoms with Crippen molar-refractivity contribution in [1.29, 1.82) is 0 Å². The minimum absolute atomic E-state index is 0.347. The molecule has 0 spiro atoms. The van der Waals surface area contributed by atoms with E-state index in [9.17, 15) is 0 Å². The fraction of sp³-hybridized carbons (Fsp3) is 1.00. The lowest BCUT2D eigenvalue weighted by molar-refractivity contribution is 0.0631. The maximum Gasteiger partial charge on any atom is 0.0468 e. The van der Waals surface area contributed by atoms with Crippen LogP contribution < -0.4 is 5.73 Å². The highest BCUT2D eigenvalue weighted by atomic mass is 32.2. The van der Waals surface area contributed by atoms with E-state index in [0.29, 0.717) is 10.8 Å². The van der Waals surface area contributed by atoms with Gasteiger partial charge in [-0.2, -0.15) is 11.8 Å². The largest absolute Gasteiger partial charge is 0.381 e. The topological polar surface area (TPSA) is 35.2 Å². The van der Waals surface area contributed by atoms with Crippen molar-refractivity contribution < 1.29 is 4.74 Å². The van der Waals surface area contributed by atoms with Gasteiger partial charge in [-0.3, -0.25) is 0 Å². The minimum atomic E-state index is 0.347. The predicted molar refractivity (Wildman–Crippen MR) is 82.2 cm³/mol. The highest BCUT2D eigenvalue weighted by molar-refractivity contribution is 8.00. The summed E-state index contributed by atoms with van der Waals surface area (Å²) < 4.78 is 5.73. The van der Waals surface area contributed by atoms with E-state index in [4.69, 9.17) is 10.5 Å². The molecule has 0 bridgehead atoms. The number of rotatable bonds is 7. The summed E-state index contributed by atoms with van der Waals surface area (Å²) in [5.41, 5.74) is 6.16. The molecule has 0 aromatic heterocycles. The number of ether oxygens (including phenoxy) is 1. The van der Waals surface area contributed by atoms with Crippen LogP contribution in [0.3, 0.4) is 0 Å². The molecule has 18 heavy (non-hydrogen) atoms. The Kier molecular flexibility index (Phi) is 7.66. The summed E-state index contributed by atoms with van der Waals surface area (Å²) in [7, 11) is 0. The van der Waals surface area contributed by atoms with E-state index in [1.54, 1.807) is 0 Å². The molecule has 1 heterocycles. The second-order valence-electron chi connectivity index (χ2n) is 6.52. The van der Waals surface area contributed by atoms with Crippen LogP contribution in [0, 0.1) is 5.92 Å². The number of hydrogen-bond acceptors (Lipinski definition) is 3. The molecule has 1 saturated heterocycles. The van der Waals surface area contributed by atoms with Crippen LogP contribution in [0.4, 0.5) is 0 Å². The lowest BCUT2D eigenvalue weighted by Gasteiger charge is -2.22. The van der Waals surface area contributed by atoms with Gasteiger partial charge >= 0.3 is 0 Å². The Morgan fingerprint density at radius 2 is 1.89 bits per heavy atom. The third kappa shape index (κ3) is 8.39. The minimum Gasteiger partial charge on any atom is -0.381 e. The van der Waals surface area contributed by atoms with E-state index in [0.717, 1.165) is 24.9 Å². The smallest absolute Gasteiger partial charge is 0.0468 e. The van der Waals surface area contributed by atoms with Crippen molar-refractivity contribution in [1.82, 2.24) is 0 Å². The molecular formula is C15H31NOS. The molecular weight excluding hydrogens is 242 g/mol. The first-order valence-electron chi connectivity index (χ1n) is 7.44. The molecule has 0 saturated carbocycles. The highest BCUT2D eigenvalue weighted by Gasteiger charge is 2.15. The molecule has 1 unspecified atom stereocenters. The lowest BCUT2D eigenvalue weighted by atomic mass is 9.93. The zero-order valence-corrected chi connectivity index (χ0v) is 13.2. The van der Waals surface area contributed by atoms with Crippen LogP contribution in [0.5, 0.6) is 0 Å². The fourth-order valence-corrected chi connectivity index (χ4v) is 3.20. The molecule has 1 fully saturated rings. The molecule has 0 aromatic rings. The predicted octanol–water partition coefficient (Wildman–Crippen LogP) is 3.83. The average Bonchev–Trinajstić information content (AvgIpc) is 2.33. The van der Waals surface area contributed by atoms with Gasteiger partial charge in [-0.25, -0.2) is 0 Å². The van der Waals surface area contributed by atoms with Crippen LogP contribution in [-0.2, 0) is 4.74 Å². The monoisotopic (exact) mass is 273 g/mol. The summed E-state index contributed by atoms with van der Waals surface area (Å²) in [6.45, 7) is 8.74. The molecule has 1 atom stereocenters. The van der Waals surface area contributed by atoms with Gasteiger partial charge in [-0.15, -0.1) is 0 Å². The normalized spacial score (nSPS) is 20.0. The molecule has 0 amide bonds. The number of hydrogen-bond donors (Lipinski definition) is 1. The van der Waals surface area contributed by atoms with Crippen LogP contribution in [0.2, 0.25) is 0 Å². The summed E-state index contributed by atoms with van der Waals surface area (Å²) in [5, 5.41) is 0. The van der Waals surface area contributed by atoms with Crippen molar-refractivity contribution in [2.24, 2.45) is 11.7 Å². The van der Waals surface area contributed by atoms with Gasteiger partial charge in [-0.1, -0.05) is 40.0 Å². The lowest BCUT2D eigenvalue weighted by Crippen LogP contribution is -2.25. The molecule has 3 heteroatoms. The summed E-state index contributed by atoms with van der Waals surface area (Å²) in [5.74, 6) is 2.01. The zero-order valence-electron chi connectivity index (χ0n) is 12.4. The Bertz CT molecular complexity index is 209. The van der Waals surface area contributed by atoms with Gasteiger partial charge in [0.15, 0.2) is 0 Å². The molecule has 0 radical (unpaired) electrons. The quantitative estimate of drug-likeness (QED) is 0.716. The van der Waals surface area contributed by atoms with E-state index >= 15 is 0 Å². The average molecular weight is 273 g/mol. The molecule has 0 aromatic carbocycles. The van der Waals surface area contributed by atoms with Gasteiger partial charge in [0.2, 0.25) is 0 Å². The van der Waals surface area contributed by atoms with Crippen molar-refractivity contribution >= 4 is 11.8 Å². The molecule has 2 nitrogen and oxygen atoms in total. The fourth-order valence-electron chi connectivity index (χ4n) is 2.31. The molecule has 108 valence electrons. The van der Waals surface area contributed by atoms with Gasteiger partial charge in [0, 0.05) is 29.8 Å². The number of thioether (sulfide) groups is 1. The van der Waals surface area contributed by atoms with Gasteiger partial charge < -0.3 is 10.5 Å². The standard InChI is InChI=1S/C15H31NOS/c1-15(2,3)18-12-14(16)7-5-4-6-13-8-10-17-11-9-13/h13-14H,4-12,16H2,1-3H3. The first kappa shape index (κ1) is 16.3. The van der Waals surface area contributed by atoms with E-state index in [2.05, 4.69) is 20.8 Å². The van der Waals surface area contributed by atoms with Crippen molar-refractivity contribution in [2.45, 2.75) is 70.1 Å². The van der Waals surface area contributed by atoms with E-state index < -0.39 is 0 Å². The van der Waals surface area contributed by atoms with Crippen LogP contribution in [0.1, 0.15) is 59.3 Å². The first-order chi connectivity index (χ1) is 8.47. The Morgan fingerprint density at radius 1 is 1.22 bits per heavy atom. The van der Waals surface area contributed by atoms with E-state index in [1.165, 1.54) is 38.5 Å². The summed E-state index contributed by atoms with van der Waals surface area (Å²) in [6.07, 6.45) is 7.74.